The number of rotatable bonds is 2. The van der Waals surface area contributed by atoms with E-state index in [4.69, 9.17) is 6.42 Å². The van der Waals surface area contributed by atoms with Gasteiger partial charge in [-0.1, -0.05) is 18.8 Å². The Labute approximate surface area is 87.7 Å². The van der Waals surface area contributed by atoms with E-state index in [1.54, 1.807) is 0 Å². The van der Waals surface area contributed by atoms with Gasteiger partial charge in [0.1, 0.15) is 0 Å². The molecule has 1 spiro atoms. The van der Waals surface area contributed by atoms with Gasteiger partial charge in [0.05, 0.1) is 6.54 Å². The van der Waals surface area contributed by atoms with Gasteiger partial charge in [-0.3, -0.25) is 0 Å². The van der Waals surface area contributed by atoms with Crippen molar-refractivity contribution in [3.05, 3.63) is 0 Å². The smallest absolute Gasteiger partial charge is 0.0575 e. The average Bonchev–Trinajstić information content (AvgIpc) is 2.66. The molecule has 2 saturated carbocycles. The van der Waals surface area contributed by atoms with Crippen molar-refractivity contribution in [1.82, 2.24) is 5.32 Å². The molecule has 2 rings (SSSR count). The highest BCUT2D eigenvalue weighted by Gasteiger charge is 2.37. The molecule has 0 aliphatic heterocycles. The van der Waals surface area contributed by atoms with Gasteiger partial charge < -0.3 is 5.32 Å². The van der Waals surface area contributed by atoms with Crippen molar-refractivity contribution in [2.45, 2.75) is 57.4 Å². The molecule has 1 nitrogen and oxygen atoms in total. The second-order valence-electron chi connectivity index (χ2n) is 5.07. The van der Waals surface area contributed by atoms with Gasteiger partial charge in [0.25, 0.3) is 0 Å². The van der Waals surface area contributed by atoms with Crippen LogP contribution in [0.1, 0.15) is 51.4 Å². The Balaban J connectivity index is 1.77. The number of nitrogens with one attached hydrogen (secondary N) is 1. The Morgan fingerprint density at radius 2 is 1.79 bits per heavy atom. The molecule has 0 atom stereocenters. The minimum atomic E-state index is 0.706. The Hall–Kier alpha value is -0.480. The molecule has 0 bridgehead atoms. The van der Waals surface area contributed by atoms with Crippen LogP contribution in [-0.4, -0.2) is 12.6 Å². The topological polar surface area (TPSA) is 12.0 Å². The van der Waals surface area contributed by atoms with Gasteiger partial charge in [-0.25, -0.2) is 0 Å². The second kappa shape index (κ2) is 4.36. The third-order valence-corrected chi connectivity index (χ3v) is 4.20. The molecule has 0 unspecified atom stereocenters. The van der Waals surface area contributed by atoms with Crippen molar-refractivity contribution < 1.29 is 0 Å². The fourth-order valence-electron chi connectivity index (χ4n) is 3.26. The summed E-state index contributed by atoms with van der Waals surface area (Å²) in [6, 6.07) is 0.706. The van der Waals surface area contributed by atoms with Gasteiger partial charge in [0.15, 0.2) is 0 Å². The largest absolute Gasteiger partial charge is 0.303 e. The Bertz CT molecular complexity index is 210. The average molecular weight is 191 g/mol. The molecular formula is C13H21N. The Morgan fingerprint density at radius 1 is 1.14 bits per heavy atom. The molecule has 0 heterocycles. The van der Waals surface area contributed by atoms with Crippen LogP contribution in [0.25, 0.3) is 0 Å². The van der Waals surface area contributed by atoms with Gasteiger partial charge in [0.2, 0.25) is 0 Å². The molecule has 0 aromatic rings. The van der Waals surface area contributed by atoms with E-state index in [1.807, 2.05) is 0 Å². The first-order valence-corrected chi connectivity index (χ1v) is 6.02. The number of terminal acetylenes is 1. The number of hydrogen-bond acceptors (Lipinski definition) is 1. The van der Waals surface area contributed by atoms with Crippen LogP contribution < -0.4 is 5.32 Å². The van der Waals surface area contributed by atoms with Crippen molar-refractivity contribution in [2.24, 2.45) is 5.41 Å². The van der Waals surface area contributed by atoms with Crippen LogP contribution in [-0.2, 0) is 0 Å². The fourth-order valence-corrected chi connectivity index (χ4v) is 3.26. The van der Waals surface area contributed by atoms with E-state index in [9.17, 15) is 0 Å². The molecule has 2 fully saturated rings. The summed E-state index contributed by atoms with van der Waals surface area (Å²) in [7, 11) is 0. The third-order valence-electron chi connectivity index (χ3n) is 4.20. The highest BCUT2D eigenvalue weighted by atomic mass is 14.9. The summed E-state index contributed by atoms with van der Waals surface area (Å²) in [5.41, 5.74) is 0.758. The van der Waals surface area contributed by atoms with Gasteiger partial charge in [-0.15, -0.1) is 6.42 Å². The van der Waals surface area contributed by atoms with Crippen LogP contribution in [0.4, 0.5) is 0 Å². The lowest BCUT2D eigenvalue weighted by atomic mass is 9.71. The SMILES string of the molecule is C#CCNC1CCC2(CCCC2)CC1. The predicted octanol–water partition coefficient (Wildman–Crippen LogP) is 2.71. The predicted molar refractivity (Wildman–Crippen MR) is 60.0 cm³/mol. The summed E-state index contributed by atoms with van der Waals surface area (Å²) in [5, 5.41) is 3.44. The van der Waals surface area contributed by atoms with Crippen LogP contribution in [0, 0.1) is 17.8 Å². The molecule has 14 heavy (non-hydrogen) atoms. The second-order valence-corrected chi connectivity index (χ2v) is 5.07. The quantitative estimate of drug-likeness (QED) is 0.662. The molecule has 1 N–H and O–H groups in total. The first-order valence-electron chi connectivity index (χ1n) is 6.02. The van der Waals surface area contributed by atoms with E-state index < -0.39 is 0 Å². The molecular weight excluding hydrogens is 170 g/mol. The lowest BCUT2D eigenvalue weighted by Gasteiger charge is -2.37. The zero-order valence-corrected chi connectivity index (χ0v) is 9.02. The Morgan fingerprint density at radius 3 is 2.36 bits per heavy atom. The normalized spacial score (nSPS) is 26.5. The van der Waals surface area contributed by atoms with Crippen LogP contribution in [0.15, 0.2) is 0 Å². The van der Waals surface area contributed by atoms with Crippen LogP contribution >= 0.6 is 0 Å². The van der Waals surface area contributed by atoms with E-state index in [-0.39, 0.29) is 0 Å². The van der Waals surface area contributed by atoms with Crippen molar-refractivity contribution in [3.8, 4) is 12.3 Å². The molecule has 0 aromatic carbocycles. The van der Waals surface area contributed by atoms with Crippen molar-refractivity contribution in [2.75, 3.05) is 6.54 Å². The molecule has 2 aliphatic carbocycles. The minimum Gasteiger partial charge on any atom is -0.303 e. The van der Waals surface area contributed by atoms with Gasteiger partial charge >= 0.3 is 0 Å². The van der Waals surface area contributed by atoms with E-state index in [0.717, 1.165) is 12.0 Å². The maximum absolute atomic E-state index is 5.25. The maximum Gasteiger partial charge on any atom is 0.0575 e. The van der Waals surface area contributed by atoms with E-state index in [2.05, 4.69) is 11.2 Å². The van der Waals surface area contributed by atoms with E-state index in [1.165, 1.54) is 51.4 Å². The zero-order valence-electron chi connectivity index (χ0n) is 9.02. The van der Waals surface area contributed by atoms with Gasteiger partial charge in [-0.05, 0) is 43.9 Å². The Kier molecular flexibility index (Phi) is 3.13. The fraction of sp³-hybridized carbons (Fsp3) is 0.846. The number of hydrogen-bond donors (Lipinski definition) is 1. The summed E-state index contributed by atoms with van der Waals surface area (Å²) in [4.78, 5) is 0. The van der Waals surface area contributed by atoms with Crippen LogP contribution in [0.2, 0.25) is 0 Å². The van der Waals surface area contributed by atoms with Crippen molar-refractivity contribution in [3.63, 3.8) is 0 Å². The van der Waals surface area contributed by atoms with Crippen LogP contribution in [0.5, 0.6) is 0 Å². The molecule has 78 valence electrons. The van der Waals surface area contributed by atoms with Gasteiger partial charge in [0, 0.05) is 6.04 Å². The third kappa shape index (κ3) is 2.12. The van der Waals surface area contributed by atoms with Crippen molar-refractivity contribution in [1.29, 1.82) is 0 Å². The molecule has 0 radical (unpaired) electrons. The summed E-state index contributed by atoms with van der Waals surface area (Å²) >= 11 is 0. The molecule has 0 amide bonds. The highest BCUT2D eigenvalue weighted by molar-refractivity contribution is 4.93. The lowest BCUT2D eigenvalue weighted by molar-refractivity contribution is 0.170. The van der Waals surface area contributed by atoms with E-state index >= 15 is 0 Å². The standard InChI is InChI=1S/C13H21N/c1-2-11-14-12-5-9-13(10-6-12)7-3-4-8-13/h1,12,14H,3-11H2. The first-order chi connectivity index (χ1) is 6.85. The minimum absolute atomic E-state index is 0.706. The van der Waals surface area contributed by atoms with Crippen molar-refractivity contribution >= 4 is 0 Å². The lowest BCUT2D eigenvalue weighted by Crippen LogP contribution is -2.36. The first kappa shape index (κ1) is 10.1. The summed E-state index contributed by atoms with van der Waals surface area (Å²) in [6.45, 7) is 0.748. The molecule has 1 heteroatoms. The summed E-state index contributed by atoms with van der Waals surface area (Å²) in [6.07, 6.45) is 16.8. The summed E-state index contributed by atoms with van der Waals surface area (Å²) < 4.78 is 0. The highest BCUT2D eigenvalue weighted by Crippen LogP contribution is 2.48. The molecule has 0 saturated heterocycles. The summed E-state index contributed by atoms with van der Waals surface area (Å²) in [5.74, 6) is 2.66. The van der Waals surface area contributed by atoms with Gasteiger partial charge in [-0.2, -0.15) is 0 Å². The van der Waals surface area contributed by atoms with Crippen LogP contribution in [0.3, 0.4) is 0 Å². The monoisotopic (exact) mass is 191 g/mol. The molecule has 2 aliphatic rings. The zero-order chi connectivity index (χ0) is 9.86. The van der Waals surface area contributed by atoms with E-state index in [0.29, 0.717) is 6.04 Å². The maximum atomic E-state index is 5.25. The molecule has 0 aromatic heterocycles.